The van der Waals surface area contributed by atoms with Gasteiger partial charge in [-0.25, -0.2) is 0 Å². The summed E-state index contributed by atoms with van der Waals surface area (Å²) < 4.78 is 5.95. The molecule has 1 amide bonds. The summed E-state index contributed by atoms with van der Waals surface area (Å²) in [5.41, 5.74) is 6.79. The standard InChI is InChI=1S/C17H28N2O2.ClH/c1-6-13(21-14-10-8-7-9-12(14)2)11-19-16(20)15(18)17(3,4)5;/h7-10,13,15H,6,11,18H2,1-5H3,(H,19,20);1H/t13?,15-;/m1./s1. The second-order valence-corrected chi connectivity index (χ2v) is 6.50. The Morgan fingerprint density at radius 2 is 1.91 bits per heavy atom. The highest BCUT2D eigenvalue weighted by atomic mass is 35.5. The molecule has 22 heavy (non-hydrogen) atoms. The molecule has 2 atom stereocenters. The predicted molar refractivity (Wildman–Crippen MR) is 93.6 cm³/mol. The predicted octanol–water partition coefficient (Wildman–Crippen LogP) is 3.06. The van der Waals surface area contributed by atoms with Crippen LogP contribution in [0.25, 0.3) is 0 Å². The number of ether oxygens (including phenoxy) is 1. The number of benzene rings is 1. The van der Waals surface area contributed by atoms with E-state index >= 15 is 0 Å². The molecular weight excluding hydrogens is 300 g/mol. The number of para-hydroxylation sites is 1. The highest BCUT2D eigenvalue weighted by Gasteiger charge is 2.27. The second kappa shape index (κ2) is 9.01. The van der Waals surface area contributed by atoms with Crippen molar-refractivity contribution >= 4 is 18.3 Å². The van der Waals surface area contributed by atoms with Gasteiger partial charge in [0.25, 0.3) is 0 Å². The van der Waals surface area contributed by atoms with Gasteiger partial charge in [0.05, 0.1) is 12.6 Å². The van der Waals surface area contributed by atoms with Crippen molar-refractivity contribution in [3.63, 3.8) is 0 Å². The number of carbonyl (C=O) groups excluding carboxylic acids is 1. The Bertz CT molecular complexity index is 472. The molecule has 0 saturated heterocycles. The van der Waals surface area contributed by atoms with Crippen LogP contribution in [0, 0.1) is 12.3 Å². The molecule has 1 aromatic rings. The average molecular weight is 329 g/mol. The van der Waals surface area contributed by atoms with E-state index in [4.69, 9.17) is 10.5 Å². The highest BCUT2D eigenvalue weighted by molar-refractivity contribution is 5.85. The van der Waals surface area contributed by atoms with Gasteiger partial charge in [0.2, 0.25) is 5.91 Å². The van der Waals surface area contributed by atoms with Crippen molar-refractivity contribution in [2.45, 2.75) is 53.2 Å². The number of rotatable bonds is 6. The number of amides is 1. The lowest BCUT2D eigenvalue weighted by atomic mass is 9.87. The third-order valence-corrected chi connectivity index (χ3v) is 3.56. The third kappa shape index (κ3) is 6.24. The first kappa shape index (κ1) is 20.7. The zero-order valence-electron chi connectivity index (χ0n) is 14.2. The Kier molecular flexibility index (Phi) is 8.49. The van der Waals surface area contributed by atoms with Crippen LogP contribution >= 0.6 is 12.4 Å². The fraction of sp³-hybridized carbons (Fsp3) is 0.588. The van der Waals surface area contributed by atoms with Crippen molar-refractivity contribution in [3.05, 3.63) is 29.8 Å². The quantitative estimate of drug-likeness (QED) is 0.843. The smallest absolute Gasteiger partial charge is 0.237 e. The molecule has 0 fully saturated rings. The van der Waals surface area contributed by atoms with Crippen LogP contribution in [0.1, 0.15) is 39.7 Å². The van der Waals surface area contributed by atoms with Gasteiger partial charge < -0.3 is 15.8 Å². The Balaban J connectivity index is 0.00000441. The van der Waals surface area contributed by atoms with Gasteiger partial charge in [0, 0.05) is 0 Å². The molecule has 0 heterocycles. The number of nitrogens with one attached hydrogen (secondary N) is 1. The van der Waals surface area contributed by atoms with Gasteiger partial charge >= 0.3 is 0 Å². The lowest BCUT2D eigenvalue weighted by molar-refractivity contribution is -0.124. The number of carbonyl (C=O) groups is 1. The lowest BCUT2D eigenvalue weighted by Crippen LogP contribution is -2.50. The van der Waals surface area contributed by atoms with Gasteiger partial charge in [-0.05, 0) is 30.4 Å². The summed E-state index contributed by atoms with van der Waals surface area (Å²) in [6.07, 6.45) is 0.765. The largest absolute Gasteiger partial charge is 0.488 e. The van der Waals surface area contributed by atoms with Crippen molar-refractivity contribution < 1.29 is 9.53 Å². The molecule has 1 rings (SSSR count). The molecule has 0 bridgehead atoms. The Labute approximate surface area is 140 Å². The van der Waals surface area contributed by atoms with Gasteiger partial charge in [-0.3, -0.25) is 4.79 Å². The first-order valence-electron chi connectivity index (χ1n) is 7.51. The van der Waals surface area contributed by atoms with E-state index in [0.717, 1.165) is 17.7 Å². The monoisotopic (exact) mass is 328 g/mol. The number of aryl methyl sites for hydroxylation is 1. The maximum atomic E-state index is 12.0. The molecule has 4 nitrogen and oxygen atoms in total. The Morgan fingerprint density at radius 3 is 2.41 bits per heavy atom. The average Bonchev–Trinajstić information content (AvgIpc) is 2.43. The minimum atomic E-state index is -0.520. The summed E-state index contributed by atoms with van der Waals surface area (Å²) in [5, 5.41) is 2.89. The molecule has 1 unspecified atom stereocenters. The van der Waals surface area contributed by atoms with E-state index in [0.29, 0.717) is 6.54 Å². The van der Waals surface area contributed by atoms with Crippen molar-refractivity contribution in [3.8, 4) is 5.75 Å². The first-order valence-corrected chi connectivity index (χ1v) is 7.51. The van der Waals surface area contributed by atoms with Crippen molar-refractivity contribution in [2.75, 3.05) is 6.54 Å². The van der Waals surface area contributed by atoms with Gasteiger partial charge in [0.15, 0.2) is 0 Å². The van der Waals surface area contributed by atoms with Crippen LogP contribution < -0.4 is 15.8 Å². The third-order valence-electron chi connectivity index (χ3n) is 3.56. The molecule has 0 aliphatic carbocycles. The SMILES string of the molecule is CCC(CNC(=O)[C@@H](N)C(C)(C)C)Oc1ccccc1C.Cl. The number of halogens is 1. The van der Waals surface area contributed by atoms with Crippen LogP contribution in [0.4, 0.5) is 0 Å². The van der Waals surface area contributed by atoms with E-state index in [1.807, 2.05) is 58.9 Å². The lowest BCUT2D eigenvalue weighted by Gasteiger charge is -2.27. The van der Waals surface area contributed by atoms with E-state index < -0.39 is 6.04 Å². The second-order valence-electron chi connectivity index (χ2n) is 6.50. The summed E-state index contributed by atoms with van der Waals surface area (Å²) in [6, 6.07) is 7.36. The molecule has 0 aliphatic heterocycles. The van der Waals surface area contributed by atoms with E-state index in [-0.39, 0.29) is 29.8 Å². The van der Waals surface area contributed by atoms with Crippen molar-refractivity contribution in [2.24, 2.45) is 11.1 Å². The number of hydrogen-bond acceptors (Lipinski definition) is 3. The fourth-order valence-corrected chi connectivity index (χ4v) is 1.86. The maximum Gasteiger partial charge on any atom is 0.237 e. The Morgan fingerprint density at radius 1 is 1.32 bits per heavy atom. The molecule has 5 heteroatoms. The van der Waals surface area contributed by atoms with Gasteiger partial charge in [-0.1, -0.05) is 45.9 Å². The van der Waals surface area contributed by atoms with Crippen molar-refractivity contribution in [1.82, 2.24) is 5.32 Å². The topological polar surface area (TPSA) is 64.4 Å². The summed E-state index contributed by atoms with van der Waals surface area (Å²) in [5.74, 6) is 0.730. The minimum absolute atomic E-state index is 0. The summed E-state index contributed by atoms with van der Waals surface area (Å²) >= 11 is 0. The van der Waals surface area contributed by atoms with Crippen LogP contribution in [0.2, 0.25) is 0 Å². The molecule has 0 saturated carbocycles. The minimum Gasteiger partial charge on any atom is -0.488 e. The number of hydrogen-bond donors (Lipinski definition) is 2. The van der Waals surface area contributed by atoms with E-state index in [1.165, 1.54) is 0 Å². The normalized spacial score (nSPS) is 13.7. The zero-order chi connectivity index (χ0) is 16.0. The van der Waals surface area contributed by atoms with Gasteiger partial charge in [0.1, 0.15) is 11.9 Å². The molecular formula is C17H29ClN2O2. The van der Waals surface area contributed by atoms with Gasteiger partial charge in [-0.15, -0.1) is 12.4 Å². The van der Waals surface area contributed by atoms with E-state index in [2.05, 4.69) is 5.32 Å². The maximum absolute atomic E-state index is 12.0. The van der Waals surface area contributed by atoms with Crippen molar-refractivity contribution in [1.29, 1.82) is 0 Å². The van der Waals surface area contributed by atoms with Gasteiger partial charge in [-0.2, -0.15) is 0 Å². The molecule has 0 aliphatic rings. The summed E-state index contributed by atoms with van der Waals surface area (Å²) in [7, 11) is 0. The van der Waals surface area contributed by atoms with Crippen LogP contribution in [-0.4, -0.2) is 24.6 Å². The molecule has 126 valence electrons. The molecule has 0 aromatic heterocycles. The zero-order valence-corrected chi connectivity index (χ0v) is 15.0. The van der Waals surface area contributed by atoms with E-state index in [9.17, 15) is 4.79 Å². The van der Waals surface area contributed by atoms with Crippen LogP contribution in [-0.2, 0) is 4.79 Å². The Hall–Kier alpha value is -1.26. The van der Waals surface area contributed by atoms with Crippen LogP contribution in [0.15, 0.2) is 24.3 Å². The molecule has 0 radical (unpaired) electrons. The highest BCUT2D eigenvalue weighted by Crippen LogP contribution is 2.19. The molecule has 1 aromatic carbocycles. The molecule has 0 spiro atoms. The van der Waals surface area contributed by atoms with E-state index in [1.54, 1.807) is 0 Å². The van der Waals surface area contributed by atoms with Crippen LogP contribution in [0.5, 0.6) is 5.75 Å². The molecule has 3 N–H and O–H groups in total. The van der Waals surface area contributed by atoms with Crippen LogP contribution in [0.3, 0.4) is 0 Å². The summed E-state index contributed by atoms with van der Waals surface area (Å²) in [4.78, 5) is 12.0. The summed E-state index contributed by atoms with van der Waals surface area (Å²) in [6.45, 7) is 10.4. The fourth-order valence-electron chi connectivity index (χ4n) is 1.86. The first-order chi connectivity index (χ1) is 9.75. The number of nitrogens with two attached hydrogens (primary N) is 1.